The van der Waals surface area contributed by atoms with Crippen LogP contribution in [0, 0.1) is 5.92 Å². The molecule has 0 amide bonds. The SMILES string of the molecule is COc1ccccc1-c1nn(C)c(N)c1CC(C)C. The zero-order valence-corrected chi connectivity index (χ0v) is 12.0. The third-order valence-electron chi connectivity index (χ3n) is 3.17. The van der Waals surface area contributed by atoms with Crippen LogP contribution in [0.25, 0.3) is 11.3 Å². The Morgan fingerprint density at radius 3 is 2.63 bits per heavy atom. The van der Waals surface area contributed by atoms with E-state index in [-0.39, 0.29) is 0 Å². The molecule has 0 unspecified atom stereocenters. The van der Waals surface area contributed by atoms with Gasteiger partial charge in [0.05, 0.1) is 7.11 Å². The zero-order chi connectivity index (χ0) is 14.0. The quantitative estimate of drug-likeness (QED) is 0.918. The Kier molecular flexibility index (Phi) is 3.79. The molecule has 0 bridgehead atoms. The van der Waals surface area contributed by atoms with Crippen molar-refractivity contribution >= 4 is 5.82 Å². The van der Waals surface area contributed by atoms with Gasteiger partial charge in [0, 0.05) is 18.2 Å². The van der Waals surface area contributed by atoms with Crippen molar-refractivity contribution < 1.29 is 4.74 Å². The summed E-state index contributed by atoms with van der Waals surface area (Å²) in [5, 5.41) is 4.55. The van der Waals surface area contributed by atoms with Crippen LogP contribution in [0.1, 0.15) is 19.4 Å². The first-order valence-corrected chi connectivity index (χ1v) is 6.49. The largest absolute Gasteiger partial charge is 0.496 e. The van der Waals surface area contributed by atoms with Crippen LogP contribution in [-0.2, 0) is 13.5 Å². The van der Waals surface area contributed by atoms with Crippen LogP contribution in [0.3, 0.4) is 0 Å². The number of hydrogen-bond acceptors (Lipinski definition) is 3. The first-order valence-electron chi connectivity index (χ1n) is 6.49. The first kappa shape index (κ1) is 13.5. The summed E-state index contributed by atoms with van der Waals surface area (Å²) < 4.78 is 7.15. The number of anilines is 1. The summed E-state index contributed by atoms with van der Waals surface area (Å²) in [4.78, 5) is 0. The highest BCUT2D eigenvalue weighted by atomic mass is 16.5. The summed E-state index contributed by atoms with van der Waals surface area (Å²) in [6.45, 7) is 4.36. The fraction of sp³-hybridized carbons (Fsp3) is 0.400. The van der Waals surface area contributed by atoms with E-state index in [4.69, 9.17) is 10.5 Å². The Balaban J connectivity index is 2.58. The lowest BCUT2D eigenvalue weighted by molar-refractivity contribution is 0.416. The second kappa shape index (κ2) is 5.34. The highest BCUT2D eigenvalue weighted by molar-refractivity contribution is 5.73. The molecular weight excluding hydrogens is 238 g/mol. The highest BCUT2D eigenvalue weighted by Gasteiger charge is 2.18. The lowest BCUT2D eigenvalue weighted by Crippen LogP contribution is -2.02. The Labute approximate surface area is 114 Å². The Bertz CT molecular complexity index is 573. The predicted octanol–water partition coefficient (Wildman–Crippen LogP) is 2.88. The molecule has 0 aliphatic rings. The Morgan fingerprint density at radius 1 is 1.32 bits per heavy atom. The fourth-order valence-electron chi connectivity index (χ4n) is 2.25. The lowest BCUT2D eigenvalue weighted by Gasteiger charge is -2.09. The smallest absolute Gasteiger partial charge is 0.128 e. The summed E-state index contributed by atoms with van der Waals surface area (Å²) >= 11 is 0. The van der Waals surface area contributed by atoms with Crippen LogP contribution in [0.4, 0.5) is 5.82 Å². The van der Waals surface area contributed by atoms with Gasteiger partial charge in [0.2, 0.25) is 0 Å². The summed E-state index contributed by atoms with van der Waals surface area (Å²) in [7, 11) is 3.55. The maximum Gasteiger partial charge on any atom is 0.128 e. The molecule has 1 heterocycles. The summed E-state index contributed by atoms with van der Waals surface area (Å²) in [6.07, 6.45) is 0.910. The van der Waals surface area contributed by atoms with Gasteiger partial charge in [0.25, 0.3) is 0 Å². The van der Waals surface area contributed by atoms with Crippen LogP contribution < -0.4 is 10.5 Å². The number of nitrogens with two attached hydrogens (primary N) is 1. The van der Waals surface area contributed by atoms with E-state index in [0.717, 1.165) is 34.8 Å². The molecule has 0 spiro atoms. The molecule has 0 atom stereocenters. The number of hydrogen-bond donors (Lipinski definition) is 1. The molecule has 2 aromatic rings. The van der Waals surface area contributed by atoms with Crippen LogP contribution in [0.5, 0.6) is 5.75 Å². The van der Waals surface area contributed by atoms with E-state index >= 15 is 0 Å². The van der Waals surface area contributed by atoms with Gasteiger partial charge < -0.3 is 10.5 Å². The molecule has 0 saturated heterocycles. The molecule has 0 aliphatic carbocycles. The maximum atomic E-state index is 6.14. The van der Waals surface area contributed by atoms with Crippen molar-refractivity contribution in [2.24, 2.45) is 13.0 Å². The van der Waals surface area contributed by atoms with Crippen molar-refractivity contribution in [3.63, 3.8) is 0 Å². The number of ether oxygens (including phenoxy) is 1. The van der Waals surface area contributed by atoms with Crippen LogP contribution in [-0.4, -0.2) is 16.9 Å². The van der Waals surface area contributed by atoms with Crippen LogP contribution in [0.15, 0.2) is 24.3 Å². The number of rotatable bonds is 4. The van der Waals surface area contributed by atoms with E-state index in [0.29, 0.717) is 5.92 Å². The van der Waals surface area contributed by atoms with Crippen molar-refractivity contribution in [2.75, 3.05) is 12.8 Å². The molecule has 0 fully saturated rings. The minimum atomic E-state index is 0.528. The molecule has 1 aromatic heterocycles. The van der Waals surface area contributed by atoms with Crippen molar-refractivity contribution in [2.45, 2.75) is 20.3 Å². The highest BCUT2D eigenvalue weighted by Crippen LogP contribution is 2.34. The molecule has 19 heavy (non-hydrogen) atoms. The molecule has 2 rings (SSSR count). The van der Waals surface area contributed by atoms with Gasteiger partial charge in [0.1, 0.15) is 17.3 Å². The second-order valence-corrected chi connectivity index (χ2v) is 5.13. The second-order valence-electron chi connectivity index (χ2n) is 5.13. The number of methoxy groups -OCH3 is 1. The number of aryl methyl sites for hydroxylation is 1. The summed E-state index contributed by atoms with van der Waals surface area (Å²) in [5.41, 5.74) is 9.16. The third-order valence-corrected chi connectivity index (χ3v) is 3.17. The topological polar surface area (TPSA) is 53.1 Å². The molecule has 4 heteroatoms. The van der Waals surface area contributed by atoms with E-state index in [2.05, 4.69) is 18.9 Å². The van der Waals surface area contributed by atoms with E-state index in [1.165, 1.54) is 0 Å². The average molecular weight is 259 g/mol. The average Bonchev–Trinajstić information content (AvgIpc) is 2.66. The van der Waals surface area contributed by atoms with Crippen molar-refractivity contribution in [1.82, 2.24) is 9.78 Å². The molecular formula is C15H21N3O. The number of para-hydroxylation sites is 1. The van der Waals surface area contributed by atoms with Crippen LogP contribution in [0.2, 0.25) is 0 Å². The Hall–Kier alpha value is -1.97. The van der Waals surface area contributed by atoms with Crippen molar-refractivity contribution in [3.8, 4) is 17.0 Å². The van der Waals surface area contributed by atoms with Crippen molar-refractivity contribution in [3.05, 3.63) is 29.8 Å². The third kappa shape index (κ3) is 2.57. The molecule has 0 saturated carbocycles. The number of benzene rings is 1. The number of aromatic nitrogens is 2. The first-order chi connectivity index (χ1) is 9.04. The van der Waals surface area contributed by atoms with Gasteiger partial charge in [-0.3, -0.25) is 4.68 Å². The van der Waals surface area contributed by atoms with Gasteiger partial charge in [-0.05, 0) is 24.5 Å². The molecule has 0 radical (unpaired) electrons. The standard InChI is InChI=1S/C15H21N3O/c1-10(2)9-12-14(17-18(3)15(12)16)11-7-5-6-8-13(11)19-4/h5-8,10H,9,16H2,1-4H3. The fourth-order valence-corrected chi connectivity index (χ4v) is 2.25. The van der Waals surface area contributed by atoms with Crippen molar-refractivity contribution in [1.29, 1.82) is 0 Å². The lowest BCUT2D eigenvalue weighted by atomic mass is 9.98. The van der Waals surface area contributed by atoms with Gasteiger partial charge in [-0.2, -0.15) is 5.10 Å². The van der Waals surface area contributed by atoms with E-state index in [1.807, 2.05) is 31.3 Å². The van der Waals surface area contributed by atoms with Gasteiger partial charge in [-0.25, -0.2) is 0 Å². The monoisotopic (exact) mass is 259 g/mol. The van der Waals surface area contributed by atoms with Gasteiger partial charge in [-0.1, -0.05) is 26.0 Å². The van der Waals surface area contributed by atoms with E-state index in [9.17, 15) is 0 Å². The molecule has 4 nitrogen and oxygen atoms in total. The Morgan fingerprint density at radius 2 is 2.00 bits per heavy atom. The predicted molar refractivity (Wildman–Crippen MR) is 78.2 cm³/mol. The zero-order valence-electron chi connectivity index (χ0n) is 12.0. The summed E-state index contributed by atoms with van der Waals surface area (Å²) in [6, 6.07) is 7.91. The number of nitrogen functional groups attached to an aromatic ring is 1. The maximum absolute atomic E-state index is 6.14. The minimum absolute atomic E-state index is 0.528. The van der Waals surface area contributed by atoms with E-state index in [1.54, 1.807) is 11.8 Å². The molecule has 0 aliphatic heterocycles. The van der Waals surface area contributed by atoms with Gasteiger partial charge in [0.15, 0.2) is 0 Å². The normalized spacial score (nSPS) is 11.0. The molecule has 102 valence electrons. The van der Waals surface area contributed by atoms with Gasteiger partial charge >= 0.3 is 0 Å². The molecule has 2 N–H and O–H groups in total. The van der Waals surface area contributed by atoms with E-state index < -0.39 is 0 Å². The van der Waals surface area contributed by atoms with Gasteiger partial charge in [-0.15, -0.1) is 0 Å². The number of nitrogens with zero attached hydrogens (tertiary/aromatic N) is 2. The summed E-state index contributed by atoms with van der Waals surface area (Å²) in [5.74, 6) is 2.08. The minimum Gasteiger partial charge on any atom is -0.496 e. The molecule has 1 aromatic carbocycles. The van der Waals surface area contributed by atoms with Crippen LogP contribution >= 0.6 is 0 Å².